The lowest BCUT2D eigenvalue weighted by Gasteiger charge is -2.38. The zero-order chi connectivity index (χ0) is 24.1. The Balaban J connectivity index is 0.000000192. The van der Waals surface area contributed by atoms with E-state index < -0.39 is 7.14 Å². The summed E-state index contributed by atoms with van der Waals surface area (Å²) >= 11 is 0. The van der Waals surface area contributed by atoms with E-state index in [0.717, 1.165) is 10.8 Å². The smallest absolute Gasteiger partial charge is 0.121 e. The van der Waals surface area contributed by atoms with Gasteiger partial charge in [-0.3, -0.25) is 0 Å². The highest BCUT2D eigenvalue weighted by atomic mass is 31.2. The van der Waals surface area contributed by atoms with E-state index in [1.54, 1.807) is 12.1 Å². The van der Waals surface area contributed by atoms with Crippen molar-refractivity contribution in [3.63, 3.8) is 0 Å². The average Bonchev–Trinajstić information content (AvgIpc) is 2.93. The standard InChI is InChI=1S/C22H29OP.C10H8O/c23-24(20-11-3-1-4-12-20,21-13-5-2-6-14-21)22-16-15-18-9-7-8-10-19(18)17-22;11-10-6-5-8-3-1-2-4-9(8)7-10/h7-10,15-17,20-21H,1-6,11-14H2;1-7,11H. The van der Waals surface area contributed by atoms with Crippen molar-refractivity contribution >= 4 is 34.0 Å². The fourth-order valence-corrected chi connectivity index (χ4v) is 10.6. The molecule has 3 heteroatoms. The molecule has 35 heavy (non-hydrogen) atoms. The zero-order valence-corrected chi connectivity index (χ0v) is 21.5. The molecule has 1 N–H and O–H groups in total. The quantitative estimate of drug-likeness (QED) is 0.295. The number of fused-ring (bicyclic) bond motifs is 2. The van der Waals surface area contributed by atoms with Crippen LogP contribution < -0.4 is 5.30 Å². The third-order valence-corrected chi connectivity index (χ3v) is 12.4. The second-order valence-electron chi connectivity index (χ2n) is 10.4. The van der Waals surface area contributed by atoms with Crippen molar-refractivity contribution in [1.82, 2.24) is 0 Å². The molecule has 0 unspecified atom stereocenters. The van der Waals surface area contributed by atoms with Crippen molar-refractivity contribution in [3.8, 4) is 5.75 Å². The molecule has 2 fully saturated rings. The van der Waals surface area contributed by atoms with Crippen LogP contribution in [0.25, 0.3) is 21.5 Å². The van der Waals surface area contributed by atoms with Crippen LogP contribution in [0.4, 0.5) is 0 Å². The molecular weight excluding hydrogens is 447 g/mol. The lowest BCUT2D eigenvalue weighted by molar-refractivity contribution is 0.453. The Kier molecular flexibility index (Phi) is 7.59. The molecule has 0 spiro atoms. The van der Waals surface area contributed by atoms with Gasteiger partial charge in [0.25, 0.3) is 0 Å². The van der Waals surface area contributed by atoms with E-state index in [2.05, 4.69) is 42.5 Å². The minimum atomic E-state index is -2.33. The highest BCUT2D eigenvalue weighted by molar-refractivity contribution is 7.73. The van der Waals surface area contributed by atoms with Crippen molar-refractivity contribution < 1.29 is 9.67 Å². The van der Waals surface area contributed by atoms with Gasteiger partial charge in [-0.2, -0.15) is 0 Å². The second kappa shape index (κ2) is 11.0. The first-order valence-corrected chi connectivity index (χ1v) is 15.3. The summed E-state index contributed by atoms with van der Waals surface area (Å²) in [6.45, 7) is 0. The summed E-state index contributed by atoms with van der Waals surface area (Å²) in [5, 5.41) is 15.1. The third-order valence-electron chi connectivity index (χ3n) is 8.10. The molecule has 0 aromatic heterocycles. The van der Waals surface area contributed by atoms with Crippen molar-refractivity contribution in [1.29, 1.82) is 0 Å². The van der Waals surface area contributed by atoms with Gasteiger partial charge in [0.05, 0.1) is 0 Å². The maximum absolute atomic E-state index is 14.6. The Morgan fingerprint density at radius 1 is 0.543 bits per heavy atom. The maximum atomic E-state index is 14.6. The Bertz CT molecular complexity index is 1290. The van der Waals surface area contributed by atoms with Gasteiger partial charge in [0.2, 0.25) is 0 Å². The third kappa shape index (κ3) is 5.34. The topological polar surface area (TPSA) is 37.3 Å². The van der Waals surface area contributed by atoms with Gasteiger partial charge in [-0.25, -0.2) is 0 Å². The summed E-state index contributed by atoms with van der Waals surface area (Å²) < 4.78 is 14.6. The predicted molar refractivity (Wildman–Crippen MR) is 151 cm³/mol. The van der Waals surface area contributed by atoms with E-state index in [1.807, 2.05) is 30.3 Å². The second-order valence-corrected chi connectivity index (χ2v) is 13.8. The zero-order valence-electron chi connectivity index (χ0n) is 20.6. The number of hydrogen-bond donors (Lipinski definition) is 1. The molecule has 4 aromatic rings. The van der Waals surface area contributed by atoms with Crippen LogP contribution in [0.15, 0.2) is 84.9 Å². The minimum absolute atomic E-state index is 0.323. The van der Waals surface area contributed by atoms with Crippen LogP contribution >= 0.6 is 7.14 Å². The number of benzene rings is 4. The lowest BCUT2D eigenvalue weighted by Crippen LogP contribution is -2.29. The Hall–Kier alpha value is -2.57. The summed E-state index contributed by atoms with van der Waals surface area (Å²) in [4.78, 5) is 0. The fraction of sp³-hybridized carbons (Fsp3) is 0.375. The number of phenolic OH excluding ortho intramolecular Hbond substituents is 1. The number of phenols is 1. The normalized spacial score (nSPS) is 17.7. The van der Waals surface area contributed by atoms with E-state index in [1.165, 1.54) is 80.3 Å². The van der Waals surface area contributed by atoms with Crippen LogP contribution in [0.5, 0.6) is 5.75 Å². The Morgan fingerprint density at radius 2 is 1.00 bits per heavy atom. The summed E-state index contributed by atoms with van der Waals surface area (Å²) in [6.07, 6.45) is 12.5. The molecule has 182 valence electrons. The molecule has 2 nitrogen and oxygen atoms in total. The van der Waals surface area contributed by atoms with Crippen LogP contribution in [0.3, 0.4) is 0 Å². The van der Waals surface area contributed by atoms with Crippen molar-refractivity contribution in [2.45, 2.75) is 75.5 Å². The number of rotatable bonds is 3. The van der Waals surface area contributed by atoms with Gasteiger partial charge in [0.15, 0.2) is 0 Å². The van der Waals surface area contributed by atoms with Gasteiger partial charge in [-0.15, -0.1) is 0 Å². The lowest BCUT2D eigenvalue weighted by atomic mass is 9.99. The fourth-order valence-electron chi connectivity index (χ4n) is 6.22. The molecule has 0 saturated heterocycles. The molecule has 0 heterocycles. The van der Waals surface area contributed by atoms with E-state index in [-0.39, 0.29) is 0 Å². The first kappa shape index (κ1) is 24.1. The van der Waals surface area contributed by atoms with Crippen LogP contribution in [0, 0.1) is 0 Å². The predicted octanol–water partition coefficient (Wildman–Crippen LogP) is 9.04. The molecule has 2 aliphatic rings. The molecule has 2 aliphatic carbocycles. The molecule has 6 rings (SSSR count). The molecular formula is C32H37O2P. The molecule has 2 saturated carbocycles. The van der Waals surface area contributed by atoms with Gasteiger partial charge in [-0.05, 0) is 65.4 Å². The maximum Gasteiger partial charge on any atom is 0.121 e. The van der Waals surface area contributed by atoms with Crippen LogP contribution in [-0.2, 0) is 4.57 Å². The monoisotopic (exact) mass is 484 g/mol. The van der Waals surface area contributed by atoms with E-state index in [0.29, 0.717) is 17.1 Å². The van der Waals surface area contributed by atoms with Gasteiger partial charge in [0.1, 0.15) is 12.9 Å². The molecule has 0 atom stereocenters. The highest BCUT2D eigenvalue weighted by Gasteiger charge is 2.42. The Labute approximate surface area is 209 Å². The summed E-state index contributed by atoms with van der Waals surface area (Å²) in [7, 11) is -2.33. The molecule has 0 bridgehead atoms. The van der Waals surface area contributed by atoms with Crippen molar-refractivity contribution in [2.75, 3.05) is 0 Å². The van der Waals surface area contributed by atoms with Crippen molar-refractivity contribution in [3.05, 3.63) is 84.9 Å². The first-order valence-electron chi connectivity index (χ1n) is 13.4. The van der Waals surface area contributed by atoms with Gasteiger partial charge in [0, 0.05) is 16.6 Å². The van der Waals surface area contributed by atoms with E-state index in [9.17, 15) is 4.57 Å². The SMILES string of the molecule is O=P(c1ccc2ccccc2c1)(C1CCCCC1)C1CCCCC1.Oc1ccc2ccccc2c1. The van der Waals surface area contributed by atoms with Gasteiger partial charge in [-0.1, -0.05) is 105 Å². The van der Waals surface area contributed by atoms with E-state index in [4.69, 9.17) is 5.11 Å². The van der Waals surface area contributed by atoms with Crippen LogP contribution in [0.2, 0.25) is 0 Å². The van der Waals surface area contributed by atoms with E-state index >= 15 is 0 Å². The largest absolute Gasteiger partial charge is 0.508 e. The van der Waals surface area contributed by atoms with Crippen LogP contribution in [0.1, 0.15) is 64.2 Å². The van der Waals surface area contributed by atoms with Crippen LogP contribution in [-0.4, -0.2) is 16.4 Å². The highest BCUT2D eigenvalue weighted by Crippen LogP contribution is 2.61. The molecule has 0 amide bonds. The van der Waals surface area contributed by atoms with Gasteiger partial charge >= 0.3 is 0 Å². The Morgan fingerprint density at radius 3 is 1.54 bits per heavy atom. The van der Waals surface area contributed by atoms with Gasteiger partial charge < -0.3 is 9.67 Å². The first-order chi connectivity index (χ1) is 17.1. The molecule has 4 aromatic carbocycles. The summed E-state index contributed by atoms with van der Waals surface area (Å²) in [5.41, 5.74) is 0.881. The number of hydrogen-bond acceptors (Lipinski definition) is 2. The molecule has 0 aliphatic heterocycles. The minimum Gasteiger partial charge on any atom is -0.508 e. The summed E-state index contributed by atoms with van der Waals surface area (Å²) in [6, 6.07) is 28.5. The summed E-state index contributed by atoms with van der Waals surface area (Å²) in [5.74, 6) is 0.323. The van der Waals surface area contributed by atoms with Crippen molar-refractivity contribution in [2.24, 2.45) is 0 Å². The average molecular weight is 485 g/mol. The number of aromatic hydroxyl groups is 1. The molecule has 0 radical (unpaired) electrons.